The third kappa shape index (κ3) is 10.1. The van der Waals surface area contributed by atoms with E-state index in [2.05, 4.69) is 27.8 Å². The molecule has 0 bridgehead atoms. The normalized spacial score (nSPS) is 13.7. The van der Waals surface area contributed by atoms with Gasteiger partial charge in [-0.3, -0.25) is 4.79 Å². The Balaban J connectivity index is 1.32. The van der Waals surface area contributed by atoms with Gasteiger partial charge in [0.15, 0.2) is 11.5 Å². The summed E-state index contributed by atoms with van der Waals surface area (Å²) in [6.45, 7) is 11.7. The van der Waals surface area contributed by atoms with Gasteiger partial charge in [-0.15, -0.1) is 0 Å². The summed E-state index contributed by atoms with van der Waals surface area (Å²) in [7, 11) is 0. The van der Waals surface area contributed by atoms with E-state index in [0.29, 0.717) is 29.4 Å². The quantitative estimate of drug-likeness (QED) is 0.156. The van der Waals surface area contributed by atoms with Crippen LogP contribution in [0.5, 0.6) is 23.0 Å². The van der Waals surface area contributed by atoms with Crippen LogP contribution in [0.1, 0.15) is 76.6 Å². The van der Waals surface area contributed by atoms with E-state index < -0.39 is 11.7 Å². The molecule has 248 valence electrons. The highest BCUT2D eigenvalue weighted by atomic mass is 19.1. The fourth-order valence-corrected chi connectivity index (χ4v) is 5.28. The second-order valence-corrected chi connectivity index (χ2v) is 11.4. The number of unbranched alkanes of at least 4 members (excludes halogenated alkanes) is 1. The van der Waals surface area contributed by atoms with Crippen LogP contribution in [-0.4, -0.2) is 55.2 Å². The van der Waals surface area contributed by atoms with E-state index in [1.165, 1.54) is 25.0 Å². The van der Waals surface area contributed by atoms with E-state index in [1.807, 2.05) is 20.8 Å². The van der Waals surface area contributed by atoms with Crippen LogP contribution in [0.3, 0.4) is 0 Å². The Morgan fingerprint density at radius 2 is 1.61 bits per heavy atom. The predicted molar refractivity (Wildman–Crippen MR) is 180 cm³/mol. The molecule has 10 heteroatoms. The van der Waals surface area contributed by atoms with Crippen LogP contribution in [0, 0.1) is 5.82 Å². The van der Waals surface area contributed by atoms with Crippen LogP contribution in [-0.2, 0) is 0 Å². The van der Waals surface area contributed by atoms with Gasteiger partial charge in [-0.05, 0) is 94.1 Å². The number of urea groups is 1. The summed E-state index contributed by atoms with van der Waals surface area (Å²) in [5.74, 6) is 0.611. The van der Waals surface area contributed by atoms with Crippen molar-refractivity contribution in [2.75, 3.05) is 36.9 Å². The Hall–Kier alpha value is -4.31. The second kappa shape index (κ2) is 17.4. The Bertz CT molecular complexity index is 1420. The maximum absolute atomic E-state index is 15.1. The third-order valence-corrected chi connectivity index (χ3v) is 8.02. The number of hydrogen-bond donors (Lipinski definition) is 3. The number of ether oxygens (including phenoxy) is 3. The van der Waals surface area contributed by atoms with Gasteiger partial charge in [0.1, 0.15) is 23.4 Å². The van der Waals surface area contributed by atoms with Crippen molar-refractivity contribution in [3.63, 3.8) is 0 Å². The fourth-order valence-electron chi connectivity index (χ4n) is 5.28. The molecule has 46 heavy (non-hydrogen) atoms. The number of benzene rings is 3. The Morgan fingerprint density at radius 1 is 0.891 bits per heavy atom. The van der Waals surface area contributed by atoms with Crippen LogP contribution in [0.2, 0.25) is 0 Å². The zero-order valence-electron chi connectivity index (χ0n) is 27.4. The van der Waals surface area contributed by atoms with Crippen molar-refractivity contribution in [1.29, 1.82) is 0 Å². The minimum absolute atomic E-state index is 0.0283. The number of carbonyl (C=O) groups is 2. The minimum Gasteiger partial charge on any atom is -0.490 e. The Kier molecular flexibility index (Phi) is 13.1. The molecule has 0 atom stereocenters. The Morgan fingerprint density at radius 3 is 2.26 bits per heavy atom. The first kappa shape index (κ1) is 34.6. The Labute approximate surface area is 271 Å². The van der Waals surface area contributed by atoms with Crippen LogP contribution in [0.4, 0.5) is 20.6 Å². The molecule has 3 amide bonds. The van der Waals surface area contributed by atoms with E-state index in [-0.39, 0.29) is 29.6 Å². The topological polar surface area (TPSA) is 101 Å². The highest BCUT2D eigenvalue weighted by molar-refractivity contribution is 6.04. The fraction of sp³-hybridized carbons (Fsp3) is 0.444. The van der Waals surface area contributed by atoms with E-state index in [0.717, 1.165) is 51.1 Å². The monoisotopic (exact) mass is 634 g/mol. The summed E-state index contributed by atoms with van der Waals surface area (Å²) in [6.07, 6.45) is 6.23. The summed E-state index contributed by atoms with van der Waals surface area (Å²) >= 11 is 0. The van der Waals surface area contributed by atoms with Crippen molar-refractivity contribution in [1.82, 2.24) is 10.2 Å². The first-order chi connectivity index (χ1) is 22.3. The molecule has 0 saturated carbocycles. The molecule has 0 unspecified atom stereocenters. The lowest BCUT2D eigenvalue weighted by molar-refractivity contribution is 0.0996. The van der Waals surface area contributed by atoms with Crippen LogP contribution in [0.15, 0.2) is 60.7 Å². The molecule has 0 radical (unpaired) electrons. The van der Waals surface area contributed by atoms with Crippen molar-refractivity contribution in [2.45, 2.75) is 78.4 Å². The van der Waals surface area contributed by atoms with Crippen molar-refractivity contribution in [2.24, 2.45) is 0 Å². The smallest absolute Gasteiger partial charge is 0.319 e. The molecular weight excluding hydrogens is 587 g/mol. The largest absolute Gasteiger partial charge is 0.490 e. The summed E-state index contributed by atoms with van der Waals surface area (Å²) in [4.78, 5) is 27.7. The number of amides is 3. The van der Waals surface area contributed by atoms with Gasteiger partial charge in [-0.25, -0.2) is 9.18 Å². The second-order valence-electron chi connectivity index (χ2n) is 11.4. The molecule has 3 aromatic carbocycles. The van der Waals surface area contributed by atoms with Gasteiger partial charge in [0, 0.05) is 42.5 Å². The molecule has 9 nitrogen and oxygen atoms in total. The van der Waals surface area contributed by atoms with Gasteiger partial charge in [-0.2, -0.15) is 0 Å². The number of halogens is 1. The number of anilines is 2. The molecule has 3 aromatic rings. The lowest BCUT2D eigenvalue weighted by Crippen LogP contribution is -2.38. The molecule has 0 spiro atoms. The zero-order valence-corrected chi connectivity index (χ0v) is 27.4. The van der Waals surface area contributed by atoms with Crippen LogP contribution < -0.4 is 30.2 Å². The molecule has 1 heterocycles. The molecule has 1 fully saturated rings. The van der Waals surface area contributed by atoms with Crippen molar-refractivity contribution in [3.8, 4) is 23.0 Å². The summed E-state index contributed by atoms with van der Waals surface area (Å²) in [5.41, 5.74) is 0.955. The van der Waals surface area contributed by atoms with E-state index >= 15 is 4.39 Å². The first-order valence-corrected chi connectivity index (χ1v) is 16.4. The molecule has 0 aliphatic carbocycles. The summed E-state index contributed by atoms with van der Waals surface area (Å²) < 4.78 is 32.9. The average molecular weight is 635 g/mol. The zero-order chi connectivity index (χ0) is 32.9. The number of nitrogens with zero attached hydrogens (tertiary/aromatic N) is 1. The van der Waals surface area contributed by atoms with E-state index in [4.69, 9.17) is 14.2 Å². The molecule has 1 saturated heterocycles. The lowest BCUT2D eigenvalue weighted by atomic mass is 10.1. The molecule has 3 N–H and O–H groups in total. The van der Waals surface area contributed by atoms with E-state index in [1.54, 1.807) is 48.5 Å². The number of carbonyl (C=O) groups excluding carboxylic acids is 2. The standard InChI is InChI=1S/C36H47FN4O5/c1-5-9-20-41-21-18-29(19-22-41)45-28-13-10-25(11-14-28)35(42)40-32-16-15-30(24-31(32)37)46-33-17-12-27(23-34(33)44-8-4)39-36(43)38-26(6-2)7-3/h10-17,23-24,26,29H,5-9,18-22H2,1-4H3,(H,40,42)(H2,38,39,43). The molecule has 1 aliphatic rings. The predicted octanol–water partition coefficient (Wildman–Crippen LogP) is 8.22. The van der Waals surface area contributed by atoms with Crippen molar-refractivity contribution in [3.05, 3.63) is 72.0 Å². The van der Waals surface area contributed by atoms with Gasteiger partial charge < -0.3 is 35.1 Å². The van der Waals surface area contributed by atoms with Crippen molar-refractivity contribution < 1.29 is 28.2 Å². The first-order valence-electron chi connectivity index (χ1n) is 16.4. The van der Waals surface area contributed by atoms with Crippen LogP contribution >= 0.6 is 0 Å². The maximum Gasteiger partial charge on any atom is 0.319 e. The minimum atomic E-state index is -0.648. The highest BCUT2D eigenvalue weighted by Gasteiger charge is 2.20. The van der Waals surface area contributed by atoms with Gasteiger partial charge in [0.05, 0.1) is 12.3 Å². The molecule has 0 aromatic heterocycles. The molecule has 1 aliphatic heterocycles. The number of likely N-dealkylation sites (tertiary alicyclic amines) is 1. The van der Waals surface area contributed by atoms with Crippen LogP contribution in [0.25, 0.3) is 0 Å². The van der Waals surface area contributed by atoms with Crippen molar-refractivity contribution >= 4 is 23.3 Å². The number of piperidine rings is 1. The van der Waals surface area contributed by atoms with Gasteiger partial charge in [0.2, 0.25) is 0 Å². The van der Waals surface area contributed by atoms with Gasteiger partial charge in [0.25, 0.3) is 5.91 Å². The van der Waals surface area contributed by atoms with Gasteiger partial charge >= 0.3 is 6.03 Å². The summed E-state index contributed by atoms with van der Waals surface area (Å²) in [5, 5.41) is 8.37. The average Bonchev–Trinajstić information content (AvgIpc) is 3.06. The highest BCUT2D eigenvalue weighted by Crippen LogP contribution is 2.35. The number of nitrogens with one attached hydrogen (secondary N) is 3. The summed E-state index contributed by atoms with van der Waals surface area (Å²) in [6, 6.07) is 15.9. The van der Waals surface area contributed by atoms with E-state index in [9.17, 15) is 9.59 Å². The third-order valence-electron chi connectivity index (χ3n) is 8.02. The lowest BCUT2D eigenvalue weighted by Gasteiger charge is -2.32. The van der Waals surface area contributed by atoms with Gasteiger partial charge in [-0.1, -0.05) is 27.2 Å². The molecule has 4 rings (SSSR count). The SMILES string of the molecule is CCCCN1CCC(Oc2ccc(C(=O)Nc3ccc(Oc4ccc(NC(=O)NC(CC)CC)cc4OCC)cc3F)cc2)CC1. The maximum atomic E-state index is 15.1. The molecular formula is C36H47FN4O5. The number of hydrogen-bond acceptors (Lipinski definition) is 6. The number of rotatable bonds is 15.